The van der Waals surface area contributed by atoms with Crippen LogP contribution in [0.1, 0.15) is 38.1 Å². The number of benzene rings is 1. The van der Waals surface area contributed by atoms with Crippen molar-refractivity contribution < 1.29 is 9.53 Å². The van der Waals surface area contributed by atoms with Gasteiger partial charge in [0.1, 0.15) is 0 Å². The Bertz CT molecular complexity index is 803. The van der Waals surface area contributed by atoms with Gasteiger partial charge in [-0.3, -0.25) is 4.79 Å². The number of carbonyl (C=O) groups is 1. The fraction of sp³-hybridized carbons (Fsp3) is 0.450. The van der Waals surface area contributed by atoms with E-state index < -0.39 is 5.72 Å². The van der Waals surface area contributed by atoms with Gasteiger partial charge in [-0.25, -0.2) is 0 Å². The quantitative estimate of drug-likeness (QED) is 0.860. The van der Waals surface area contributed by atoms with Gasteiger partial charge in [0.05, 0.1) is 17.1 Å². The van der Waals surface area contributed by atoms with Crippen LogP contribution < -0.4 is 20.7 Å². The van der Waals surface area contributed by atoms with Gasteiger partial charge in [-0.2, -0.15) is 9.97 Å². The summed E-state index contributed by atoms with van der Waals surface area (Å²) in [6, 6.07) is 10.4. The number of rotatable bonds is 4. The minimum absolute atomic E-state index is 0.0310. The fourth-order valence-electron chi connectivity index (χ4n) is 3.64. The van der Waals surface area contributed by atoms with Gasteiger partial charge in [-0.15, -0.1) is 0 Å². The predicted octanol–water partition coefficient (Wildman–Crippen LogP) is 2.58. The molecule has 0 bridgehead atoms. The maximum absolute atomic E-state index is 11.6. The molecule has 1 aliphatic rings. The van der Waals surface area contributed by atoms with Crippen LogP contribution in [-0.4, -0.2) is 34.2 Å². The molecule has 1 aliphatic heterocycles. The van der Waals surface area contributed by atoms with Gasteiger partial charge < -0.3 is 20.7 Å². The number of hydrogen-bond acceptors (Lipinski definition) is 6. The van der Waals surface area contributed by atoms with Crippen LogP contribution in [0.25, 0.3) is 0 Å². The van der Waals surface area contributed by atoms with Crippen LogP contribution in [0.3, 0.4) is 0 Å². The van der Waals surface area contributed by atoms with E-state index in [1.54, 1.807) is 0 Å². The van der Waals surface area contributed by atoms with E-state index >= 15 is 0 Å². The van der Waals surface area contributed by atoms with Gasteiger partial charge in [0.25, 0.3) is 0 Å². The number of nitrogens with zero attached hydrogens (tertiary/aromatic N) is 3. The largest absolute Gasteiger partial charge is 0.437 e. The highest BCUT2D eigenvalue weighted by Crippen LogP contribution is 2.34. The molecule has 3 rings (SSSR count). The van der Waals surface area contributed by atoms with Crippen molar-refractivity contribution in [3.8, 4) is 6.01 Å². The molecule has 1 fully saturated rings. The van der Waals surface area contributed by atoms with Gasteiger partial charge in [0.2, 0.25) is 5.91 Å². The van der Waals surface area contributed by atoms with Crippen LogP contribution in [0.4, 0.5) is 11.4 Å². The molecule has 7 heteroatoms. The first-order chi connectivity index (χ1) is 12.8. The first-order valence-corrected chi connectivity index (χ1v) is 9.18. The van der Waals surface area contributed by atoms with E-state index in [-0.39, 0.29) is 11.9 Å². The van der Waals surface area contributed by atoms with E-state index in [1.807, 2.05) is 39.0 Å². The van der Waals surface area contributed by atoms with E-state index in [4.69, 9.17) is 10.5 Å². The zero-order valence-corrected chi connectivity index (χ0v) is 16.3. The maximum atomic E-state index is 11.6. The highest BCUT2D eigenvalue weighted by molar-refractivity contribution is 5.73. The zero-order chi connectivity index (χ0) is 19.6. The van der Waals surface area contributed by atoms with Crippen molar-refractivity contribution in [1.29, 1.82) is 0 Å². The lowest BCUT2D eigenvalue weighted by Gasteiger charge is -2.47. The third-order valence-corrected chi connectivity index (χ3v) is 4.99. The Morgan fingerprint density at radius 3 is 2.48 bits per heavy atom. The fourth-order valence-corrected chi connectivity index (χ4v) is 3.64. The van der Waals surface area contributed by atoms with Crippen molar-refractivity contribution in [3.05, 3.63) is 41.7 Å². The number of aryl methyl sites for hydroxylation is 2. The SMILES string of the molecule is CC(=O)NC1CCN(c2ccccc2)C(C)(Oc2nc(C)c(N)c(C)n2)C1. The molecule has 1 saturated heterocycles. The minimum Gasteiger partial charge on any atom is -0.437 e. The number of aromatic nitrogens is 2. The molecule has 3 N–H and O–H groups in total. The van der Waals surface area contributed by atoms with Crippen molar-refractivity contribution >= 4 is 17.3 Å². The van der Waals surface area contributed by atoms with Gasteiger partial charge >= 0.3 is 6.01 Å². The molecule has 2 aromatic rings. The minimum atomic E-state index is -0.707. The Hall–Kier alpha value is -2.83. The first-order valence-electron chi connectivity index (χ1n) is 9.18. The molecule has 2 heterocycles. The van der Waals surface area contributed by atoms with E-state index in [0.717, 1.165) is 18.7 Å². The van der Waals surface area contributed by atoms with Gasteiger partial charge in [0, 0.05) is 31.6 Å². The second kappa shape index (κ2) is 7.42. The van der Waals surface area contributed by atoms with E-state index in [9.17, 15) is 4.79 Å². The highest BCUT2D eigenvalue weighted by atomic mass is 16.5. The summed E-state index contributed by atoms with van der Waals surface area (Å²) < 4.78 is 6.34. The number of ether oxygens (including phenoxy) is 1. The van der Waals surface area contributed by atoms with Crippen LogP contribution >= 0.6 is 0 Å². The number of nitrogens with two attached hydrogens (primary N) is 1. The average molecular weight is 369 g/mol. The number of carbonyl (C=O) groups excluding carboxylic acids is 1. The molecule has 0 radical (unpaired) electrons. The third-order valence-electron chi connectivity index (χ3n) is 4.99. The van der Waals surface area contributed by atoms with E-state index in [2.05, 4.69) is 32.3 Å². The Morgan fingerprint density at radius 2 is 1.89 bits per heavy atom. The molecule has 1 aromatic heterocycles. The maximum Gasteiger partial charge on any atom is 0.319 e. The standard InChI is InChI=1S/C20H27N5O2/c1-13-18(21)14(2)23-19(22-13)27-20(4)12-16(24-15(3)26)10-11-25(20)17-8-6-5-7-9-17/h5-9,16H,10-12,21H2,1-4H3,(H,24,26). The summed E-state index contributed by atoms with van der Waals surface area (Å²) in [6.45, 7) is 7.98. The summed E-state index contributed by atoms with van der Waals surface area (Å²) in [7, 11) is 0. The Balaban J connectivity index is 1.94. The van der Waals surface area contributed by atoms with Crippen molar-refractivity contribution in [1.82, 2.24) is 15.3 Å². The van der Waals surface area contributed by atoms with Crippen LogP contribution in [0.5, 0.6) is 6.01 Å². The van der Waals surface area contributed by atoms with E-state index in [0.29, 0.717) is 29.5 Å². The summed E-state index contributed by atoms with van der Waals surface area (Å²) in [5, 5.41) is 3.02. The normalized spacial score (nSPS) is 22.4. The van der Waals surface area contributed by atoms with Crippen LogP contribution in [0.2, 0.25) is 0 Å². The Kier molecular flexibility index (Phi) is 5.21. The molecule has 7 nitrogen and oxygen atoms in total. The molecule has 0 aliphatic carbocycles. The van der Waals surface area contributed by atoms with Gasteiger partial charge in [0.15, 0.2) is 5.72 Å². The molecule has 1 aromatic carbocycles. The first kappa shape index (κ1) is 18.9. The number of hydrogen-bond donors (Lipinski definition) is 2. The van der Waals surface area contributed by atoms with Crippen molar-refractivity contribution in [2.45, 2.75) is 52.3 Å². The lowest BCUT2D eigenvalue weighted by molar-refractivity contribution is -0.120. The molecule has 1 amide bonds. The molecule has 2 atom stereocenters. The van der Waals surface area contributed by atoms with Crippen molar-refractivity contribution in [2.75, 3.05) is 17.2 Å². The lowest BCUT2D eigenvalue weighted by Crippen LogP contribution is -2.60. The molecular weight excluding hydrogens is 342 g/mol. The number of nitrogens with one attached hydrogen (secondary N) is 1. The molecule has 27 heavy (non-hydrogen) atoms. The second-order valence-electron chi connectivity index (χ2n) is 7.25. The molecule has 0 saturated carbocycles. The van der Waals surface area contributed by atoms with Crippen LogP contribution in [-0.2, 0) is 4.79 Å². The number of piperidine rings is 1. The lowest BCUT2D eigenvalue weighted by atomic mass is 9.94. The van der Waals surface area contributed by atoms with Crippen LogP contribution in [0, 0.1) is 13.8 Å². The number of nitrogen functional groups attached to an aromatic ring is 1. The smallest absolute Gasteiger partial charge is 0.319 e. The zero-order valence-electron chi connectivity index (χ0n) is 16.3. The number of para-hydroxylation sites is 1. The summed E-state index contributed by atoms with van der Waals surface area (Å²) in [6.07, 6.45) is 1.46. The summed E-state index contributed by atoms with van der Waals surface area (Å²) >= 11 is 0. The molecule has 144 valence electrons. The number of amides is 1. The van der Waals surface area contributed by atoms with Crippen molar-refractivity contribution in [3.63, 3.8) is 0 Å². The highest BCUT2D eigenvalue weighted by Gasteiger charge is 2.42. The molecular formula is C20H27N5O2. The summed E-state index contributed by atoms with van der Waals surface area (Å²) in [4.78, 5) is 22.6. The Labute approximate surface area is 159 Å². The third kappa shape index (κ3) is 4.13. The van der Waals surface area contributed by atoms with E-state index in [1.165, 1.54) is 6.92 Å². The monoisotopic (exact) mass is 369 g/mol. The second-order valence-corrected chi connectivity index (χ2v) is 7.25. The molecule has 2 unspecified atom stereocenters. The van der Waals surface area contributed by atoms with Gasteiger partial charge in [-0.05, 0) is 39.3 Å². The topological polar surface area (TPSA) is 93.4 Å². The predicted molar refractivity (Wildman–Crippen MR) is 106 cm³/mol. The van der Waals surface area contributed by atoms with Gasteiger partial charge in [-0.1, -0.05) is 18.2 Å². The average Bonchev–Trinajstić information content (AvgIpc) is 2.59. The summed E-state index contributed by atoms with van der Waals surface area (Å²) in [5.74, 6) is -0.0362. The summed E-state index contributed by atoms with van der Waals surface area (Å²) in [5.41, 5.74) is 8.30. The Morgan fingerprint density at radius 1 is 1.26 bits per heavy atom. The van der Waals surface area contributed by atoms with Crippen molar-refractivity contribution in [2.24, 2.45) is 0 Å². The van der Waals surface area contributed by atoms with Crippen LogP contribution in [0.15, 0.2) is 30.3 Å². The number of anilines is 2. The molecule has 0 spiro atoms.